The first kappa shape index (κ1) is 24.2. The van der Waals surface area contributed by atoms with E-state index in [9.17, 15) is 22.4 Å². The highest BCUT2D eigenvalue weighted by Gasteiger charge is 2.34. The number of aliphatic imine (C=N–C) groups is 1. The Morgan fingerprint density at radius 3 is 2.29 bits per heavy atom. The van der Waals surface area contributed by atoms with Gasteiger partial charge in [0, 0.05) is 41.3 Å². The van der Waals surface area contributed by atoms with Crippen molar-refractivity contribution in [1.29, 1.82) is 0 Å². The number of alkyl halides is 3. The summed E-state index contributed by atoms with van der Waals surface area (Å²) in [4.78, 5) is 21.1. The molecule has 1 aliphatic carbocycles. The summed E-state index contributed by atoms with van der Waals surface area (Å²) < 4.78 is 52.2. The van der Waals surface area contributed by atoms with Crippen molar-refractivity contribution < 1.29 is 22.4 Å². The summed E-state index contributed by atoms with van der Waals surface area (Å²) in [7, 11) is 1.61. The first-order valence-corrected chi connectivity index (χ1v) is 10.9. The Balaban J connectivity index is 1.54. The van der Waals surface area contributed by atoms with E-state index in [1.165, 1.54) is 0 Å². The molecule has 0 atom stereocenters. The van der Waals surface area contributed by atoms with E-state index in [-0.39, 0.29) is 5.69 Å². The number of pyridine rings is 1. The molecule has 182 valence electrons. The quantitative estimate of drug-likeness (QED) is 0.233. The van der Waals surface area contributed by atoms with Gasteiger partial charge in [-0.2, -0.15) is 13.2 Å². The molecule has 35 heavy (non-hydrogen) atoms. The van der Waals surface area contributed by atoms with E-state index in [2.05, 4.69) is 15.6 Å². The molecule has 10 heteroatoms. The summed E-state index contributed by atoms with van der Waals surface area (Å²) in [6.45, 7) is 1.89. The molecule has 1 saturated carbocycles. The van der Waals surface area contributed by atoms with Crippen LogP contribution in [0.1, 0.15) is 41.3 Å². The molecule has 0 saturated heterocycles. The zero-order chi connectivity index (χ0) is 25.3. The number of nitrogens with zero attached hydrogens (tertiary/aromatic N) is 2. The fourth-order valence-electron chi connectivity index (χ4n) is 3.79. The second-order valence-corrected chi connectivity index (χ2v) is 8.29. The summed E-state index contributed by atoms with van der Waals surface area (Å²) in [6, 6.07) is 10.4. The lowest BCUT2D eigenvalue weighted by Crippen LogP contribution is -2.20. The van der Waals surface area contributed by atoms with Gasteiger partial charge in [0.05, 0.1) is 5.56 Å². The minimum absolute atomic E-state index is 0.188. The van der Waals surface area contributed by atoms with Gasteiger partial charge in [0.15, 0.2) is 0 Å². The molecule has 4 N–H and O–H groups in total. The number of amidine groups is 1. The zero-order valence-corrected chi connectivity index (χ0v) is 19.0. The van der Waals surface area contributed by atoms with Crippen LogP contribution in [0.15, 0.2) is 53.5 Å². The number of nitrogens with one attached hydrogen (secondary N) is 2. The van der Waals surface area contributed by atoms with E-state index >= 15 is 0 Å². The summed E-state index contributed by atoms with van der Waals surface area (Å²) in [5.74, 6) is -0.606. The number of anilines is 2. The van der Waals surface area contributed by atoms with Crippen molar-refractivity contribution in [2.45, 2.75) is 31.9 Å². The Morgan fingerprint density at radius 2 is 1.69 bits per heavy atom. The average Bonchev–Trinajstić information content (AvgIpc) is 3.65. The van der Waals surface area contributed by atoms with Gasteiger partial charge in [-0.3, -0.25) is 9.98 Å². The normalized spacial score (nSPS) is 14.1. The van der Waals surface area contributed by atoms with Crippen LogP contribution in [0.5, 0.6) is 0 Å². The van der Waals surface area contributed by atoms with E-state index in [1.54, 1.807) is 31.3 Å². The summed E-state index contributed by atoms with van der Waals surface area (Å²) >= 11 is 0. The third-order valence-electron chi connectivity index (χ3n) is 5.70. The highest BCUT2D eigenvalue weighted by Crippen LogP contribution is 2.41. The Labute approximate surface area is 199 Å². The predicted octanol–water partition coefficient (Wildman–Crippen LogP) is 6.07. The third kappa shape index (κ3) is 5.42. The molecule has 0 aliphatic heterocycles. The van der Waals surface area contributed by atoms with Crippen LogP contribution >= 0.6 is 0 Å². The lowest BCUT2D eigenvalue weighted by Gasteiger charge is -2.15. The average molecular weight is 485 g/mol. The first-order chi connectivity index (χ1) is 16.6. The molecule has 1 aliphatic rings. The van der Waals surface area contributed by atoms with Gasteiger partial charge in [-0.1, -0.05) is 12.1 Å². The van der Waals surface area contributed by atoms with E-state index < -0.39 is 23.6 Å². The highest BCUT2D eigenvalue weighted by atomic mass is 19.4. The van der Waals surface area contributed by atoms with E-state index in [4.69, 9.17) is 10.7 Å². The number of benzene rings is 2. The first-order valence-electron chi connectivity index (χ1n) is 10.9. The van der Waals surface area contributed by atoms with Gasteiger partial charge in [-0.15, -0.1) is 0 Å². The van der Waals surface area contributed by atoms with Crippen LogP contribution in [-0.4, -0.2) is 23.9 Å². The monoisotopic (exact) mass is 485 g/mol. The predicted molar refractivity (Wildman–Crippen MR) is 127 cm³/mol. The molecule has 1 fully saturated rings. The number of aryl methyl sites for hydroxylation is 1. The minimum Gasteiger partial charge on any atom is -0.383 e. The van der Waals surface area contributed by atoms with E-state index in [0.29, 0.717) is 29.6 Å². The Hall–Kier alpha value is -3.95. The molecule has 1 heterocycles. The van der Waals surface area contributed by atoms with Crippen molar-refractivity contribution in [2.75, 3.05) is 17.7 Å². The molecular formula is C25H23F4N5O. The van der Waals surface area contributed by atoms with Crippen LogP contribution < -0.4 is 16.4 Å². The maximum absolute atomic E-state index is 13.5. The van der Waals surface area contributed by atoms with Crippen LogP contribution in [-0.2, 0) is 6.18 Å². The largest absolute Gasteiger partial charge is 0.419 e. The van der Waals surface area contributed by atoms with E-state index in [1.807, 2.05) is 13.0 Å². The number of hydrogen-bond donors (Lipinski definition) is 3. The standard InChI is InChI=1S/C25H23F4N5O/c1-13-22(23(30)31-2)18(12-21(32-13)15-3-4-15)14-5-7-16(8-6-14)33-24(35)34-17-9-10-20(26)19(11-17)25(27,28)29/h5-12,15H,3-4H2,1-2H3,(H2,30,31)(H2,33,34,35). The molecule has 0 unspecified atom stereocenters. The second-order valence-electron chi connectivity index (χ2n) is 8.29. The molecule has 3 aromatic rings. The van der Waals surface area contributed by atoms with Crippen molar-refractivity contribution in [1.82, 2.24) is 4.98 Å². The maximum atomic E-state index is 13.5. The number of halogens is 4. The maximum Gasteiger partial charge on any atom is 0.419 e. The molecule has 0 radical (unpaired) electrons. The third-order valence-corrected chi connectivity index (χ3v) is 5.70. The summed E-state index contributed by atoms with van der Waals surface area (Å²) in [6.07, 6.45) is -2.68. The van der Waals surface area contributed by atoms with Crippen LogP contribution in [0, 0.1) is 12.7 Å². The van der Waals surface area contributed by atoms with Gasteiger partial charge in [-0.05, 0) is 67.3 Å². The number of carbonyl (C=O) groups excluding carboxylic acids is 1. The Kier molecular flexibility index (Phi) is 6.47. The van der Waals surface area contributed by atoms with Gasteiger partial charge in [-0.25, -0.2) is 9.18 Å². The molecule has 4 rings (SSSR count). The number of aromatic nitrogens is 1. The van der Waals surface area contributed by atoms with Gasteiger partial charge < -0.3 is 16.4 Å². The Morgan fingerprint density at radius 1 is 1.06 bits per heavy atom. The lowest BCUT2D eigenvalue weighted by atomic mass is 9.96. The summed E-state index contributed by atoms with van der Waals surface area (Å²) in [5, 5.41) is 4.84. The van der Waals surface area contributed by atoms with Crippen molar-refractivity contribution in [2.24, 2.45) is 10.7 Å². The minimum atomic E-state index is -4.87. The molecule has 0 bridgehead atoms. The molecule has 1 aromatic heterocycles. The van der Waals surface area contributed by atoms with Crippen molar-refractivity contribution in [3.63, 3.8) is 0 Å². The number of carbonyl (C=O) groups is 1. The summed E-state index contributed by atoms with van der Waals surface area (Å²) in [5.41, 5.74) is 9.17. The molecular weight excluding hydrogens is 462 g/mol. The topological polar surface area (TPSA) is 92.4 Å². The fraction of sp³-hybridized carbons (Fsp3) is 0.240. The number of urea groups is 1. The number of amides is 2. The Bertz CT molecular complexity index is 1300. The van der Waals surface area contributed by atoms with Gasteiger partial charge >= 0.3 is 12.2 Å². The van der Waals surface area contributed by atoms with Crippen LogP contribution in [0.3, 0.4) is 0 Å². The SMILES string of the molecule is CN=C(N)c1c(-c2ccc(NC(=O)Nc3ccc(F)c(C(F)(F)F)c3)cc2)cc(C2CC2)nc1C. The van der Waals surface area contributed by atoms with Crippen molar-refractivity contribution in [3.05, 3.63) is 76.9 Å². The van der Waals surface area contributed by atoms with Gasteiger partial charge in [0.2, 0.25) is 0 Å². The van der Waals surface area contributed by atoms with Crippen molar-refractivity contribution in [3.8, 4) is 11.1 Å². The fourth-order valence-corrected chi connectivity index (χ4v) is 3.79. The van der Waals surface area contributed by atoms with Crippen LogP contribution in [0.2, 0.25) is 0 Å². The molecule has 6 nitrogen and oxygen atoms in total. The smallest absolute Gasteiger partial charge is 0.383 e. The number of hydrogen-bond acceptors (Lipinski definition) is 3. The molecule has 0 spiro atoms. The molecule has 2 amide bonds. The van der Waals surface area contributed by atoms with E-state index in [0.717, 1.165) is 47.0 Å². The van der Waals surface area contributed by atoms with Gasteiger partial charge in [0.1, 0.15) is 11.7 Å². The molecule has 2 aromatic carbocycles. The number of rotatable bonds is 5. The lowest BCUT2D eigenvalue weighted by molar-refractivity contribution is -0.139. The zero-order valence-electron chi connectivity index (χ0n) is 19.0. The second kappa shape index (κ2) is 9.36. The van der Waals surface area contributed by atoms with Gasteiger partial charge in [0.25, 0.3) is 0 Å². The highest BCUT2D eigenvalue weighted by molar-refractivity contribution is 6.04. The number of nitrogens with two attached hydrogens (primary N) is 1. The van der Waals surface area contributed by atoms with Crippen LogP contribution in [0.25, 0.3) is 11.1 Å². The van der Waals surface area contributed by atoms with Crippen molar-refractivity contribution >= 4 is 23.2 Å². The van der Waals surface area contributed by atoms with Crippen LogP contribution in [0.4, 0.5) is 33.7 Å².